The van der Waals surface area contributed by atoms with Crippen LogP contribution in [0, 0.1) is 0 Å². The Morgan fingerprint density at radius 3 is 2.48 bits per heavy atom. The zero-order valence-electron chi connectivity index (χ0n) is 13.4. The van der Waals surface area contributed by atoms with Crippen molar-refractivity contribution in [2.75, 3.05) is 6.26 Å². The number of carbonyl (C=O) groups is 2. The maximum Gasteiger partial charge on any atom is 0.436 e. The molecule has 0 aliphatic heterocycles. The summed E-state index contributed by atoms with van der Waals surface area (Å²) in [6.45, 7) is 8.95. The Kier molecular flexibility index (Phi) is 9.78. The van der Waals surface area contributed by atoms with Crippen LogP contribution in [0.3, 0.4) is 0 Å². The van der Waals surface area contributed by atoms with Gasteiger partial charge in [-0.2, -0.15) is 4.99 Å². The quantitative estimate of drug-likeness (QED) is 0.349. The molecule has 120 valence electrons. The number of nitrogens with one attached hydrogen (secondary N) is 1. The van der Waals surface area contributed by atoms with Gasteiger partial charge in [0.2, 0.25) is 5.91 Å². The number of ether oxygens (including phenoxy) is 1. The lowest BCUT2D eigenvalue weighted by Gasteiger charge is -2.17. The minimum atomic E-state index is -0.696. The Balaban J connectivity index is 4.20. The number of thioether (sulfide) groups is 1. The van der Waals surface area contributed by atoms with E-state index in [1.165, 1.54) is 11.8 Å². The number of carbonyl (C=O) groups excluding carboxylic acids is 2. The van der Waals surface area contributed by atoms with Crippen LogP contribution in [0.2, 0.25) is 0 Å². The summed E-state index contributed by atoms with van der Waals surface area (Å²) in [4.78, 5) is 27.0. The number of amides is 2. The third kappa shape index (κ3) is 12.2. The first kappa shape index (κ1) is 19.7. The van der Waals surface area contributed by atoms with E-state index in [1.54, 1.807) is 27.0 Å². The average Bonchev–Trinajstić information content (AvgIpc) is 2.35. The Morgan fingerprint density at radius 1 is 1.29 bits per heavy atom. The van der Waals surface area contributed by atoms with Crippen molar-refractivity contribution >= 4 is 28.9 Å². The molecule has 0 spiro atoms. The molecule has 1 N–H and O–H groups in total. The first-order valence-electron chi connectivity index (χ1n) is 7.05. The summed E-state index contributed by atoms with van der Waals surface area (Å²) in [5.74, 6) is -0.134. The molecule has 0 rings (SSSR count). The Hall–Kier alpha value is -1.30. The number of hydrogen-bond acceptors (Lipinski definition) is 4. The fourth-order valence-electron chi connectivity index (χ4n) is 1.43. The molecule has 0 bridgehead atoms. The molecule has 0 heterocycles. The molecule has 2 amide bonds. The van der Waals surface area contributed by atoms with Gasteiger partial charge in [-0.25, -0.2) is 4.79 Å². The van der Waals surface area contributed by atoms with Gasteiger partial charge in [-0.3, -0.25) is 4.79 Å². The van der Waals surface area contributed by atoms with Crippen LogP contribution in [-0.2, 0) is 9.53 Å². The summed E-state index contributed by atoms with van der Waals surface area (Å²) in [6.07, 6.45) is 7.15. The standard InChI is InChI=1S/C15H26N2O3S/c1-6-7-8-9-10-11-12(18)16-13(21-5)17-14(19)20-15(2,3)4/h6H,1,7-11H2,2-5H3,(H,16,17,18,19). The summed E-state index contributed by atoms with van der Waals surface area (Å²) in [5, 5.41) is 2.89. The fourth-order valence-corrected chi connectivity index (χ4v) is 1.81. The highest BCUT2D eigenvalue weighted by Crippen LogP contribution is 2.09. The van der Waals surface area contributed by atoms with Crippen LogP contribution in [0.5, 0.6) is 0 Å². The van der Waals surface area contributed by atoms with Crippen LogP contribution in [-0.4, -0.2) is 29.0 Å². The SMILES string of the molecule is C=CCCCCCC(=O)NC(=NC(=O)OC(C)(C)C)SC. The van der Waals surface area contributed by atoms with Crippen molar-refractivity contribution in [3.63, 3.8) is 0 Å². The van der Waals surface area contributed by atoms with Crippen molar-refractivity contribution in [3.05, 3.63) is 12.7 Å². The fraction of sp³-hybridized carbons (Fsp3) is 0.667. The number of aliphatic imine (C=N–C) groups is 1. The molecule has 21 heavy (non-hydrogen) atoms. The highest BCUT2D eigenvalue weighted by Gasteiger charge is 2.16. The van der Waals surface area contributed by atoms with Gasteiger partial charge in [-0.05, 0) is 46.3 Å². The second-order valence-corrected chi connectivity index (χ2v) is 6.33. The van der Waals surface area contributed by atoms with Crippen molar-refractivity contribution in [3.8, 4) is 0 Å². The summed E-state index contributed by atoms with van der Waals surface area (Å²) in [6, 6.07) is 0. The highest BCUT2D eigenvalue weighted by molar-refractivity contribution is 8.13. The normalized spacial score (nSPS) is 11.9. The highest BCUT2D eigenvalue weighted by atomic mass is 32.2. The number of rotatable bonds is 6. The average molecular weight is 314 g/mol. The van der Waals surface area contributed by atoms with Gasteiger partial charge < -0.3 is 10.1 Å². The summed E-state index contributed by atoms with van der Waals surface area (Å²) in [5.41, 5.74) is -0.598. The molecule has 0 aromatic rings. The first-order chi connectivity index (χ1) is 9.78. The van der Waals surface area contributed by atoms with Crippen molar-refractivity contribution in [2.45, 2.75) is 58.5 Å². The molecule has 0 fully saturated rings. The van der Waals surface area contributed by atoms with E-state index in [9.17, 15) is 9.59 Å². The van der Waals surface area contributed by atoms with E-state index < -0.39 is 11.7 Å². The van der Waals surface area contributed by atoms with Gasteiger partial charge in [0.1, 0.15) is 5.60 Å². The molecule has 0 unspecified atom stereocenters. The molecule has 0 aromatic carbocycles. The summed E-state index contributed by atoms with van der Waals surface area (Å²) in [7, 11) is 0. The first-order valence-corrected chi connectivity index (χ1v) is 8.27. The predicted molar refractivity (Wildman–Crippen MR) is 88.6 cm³/mol. The lowest BCUT2D eigenvalue weighted by atomic mass is 10.1. The smallest absolute Gasteiger partial charge is 0.436 e. The number of hydrogen-bond donors (Lipinski definition) is 1. The van der Waals surface area contributed by atoms with Gasteiger partial charge in [0, 0.05) is 6.42 Å². The van der Waals surface area contributed by atoms with Gasteiger partial charge in [0.25, 0.3) is 0 Å². The predicted octanol–water partition coefficient (Wildman–Crippen LogP) is 3.89. The van der Waals surface area contributed by atoms with Crippen LogP contribution in [0.15, 0.2) is 17.6 Å². The lowest BCUT2D eigenvalue weighted by Crippen LogP contribution is -2.30. The lowest BCUT2D eigenvalue weighted by molar-refractivity contribution is -0.119. The van der Waals surface area contributed by atoms with Gasteiger partial charge >= 0.3 is 6.09 Å². The number of nitrogens with zero attached hydrogens (tertiary/aromatic N) is 1. The molecule has 0 aliphatic carbocycles. The zero-order valence-corrected chi connectivity index (χ0v) is 14.2. The molecule has 0 atom stereocenters. The van der Waals surface area contributed by atoms with Crippen molar-refractivity contribution < 1.29 is 14.3 Å². The van der Waals surface area contributed by atoms with E-state index in [0.717, 1.165) is 25.7 Å². The van der Waals surface area contributed by atoms with Crippen LogP contribution >= 0.6 is 11.8 Å². The summed E-state index contributed by atoms with van der Waals surface area (Å²) >= 11 is 1.20. The molecule has 0 aromatic heterocycles. The third-order valence-electron chi connectivity index (χ3n) is 2.34. The van der Waals surface area contributed by atoms with E-state index >= 15 is 0 Å². The molecule has 0 saturated heterocycles. The van der Waals surface area contributed by atoms with Gasteiger partial charge in [-0.15, -0.1) is 6.58 Å². The van der Waals surface area contributed by atoms with E-state index in [-0.39, 0.29) is 11.1 Å². The third-order valence-corrected chi connectivity index (χ3v) is 2.92. The second kappa shape index (κ2) is 10.4. The van der Waals surface area contributed by atoms with Crippen LogP contribution in [0.25, 0.3) is 0 Å². The largest absolute Gasteiger partial charge is 0.442 e. The van der Waals surface area contributed by atoms with Gasteiger partial charge in [0.15, 0.2) is 5.17 Å². The second-order valence-electron chi connectivity index (χ2n) is 5.54. The molecule has 6 heteroatoms. The molecular weight excluding hydrogens is 288 g/mol. The summed E-state index contributed by atoms with van der Waals surface area (Å²) < 4.78 is 5.08. The molecule has 0 radical (unpaired) electrons. The number of amidine groups is 1. The van der Waals surface area contributed by atoms with Crippen LogP contribution in [0.4, 0.5) is 4.79 Å². The Morgan fingerprint density at radius 2 is 1.95 bits per heavy atom. The van der Waals surface area contributed by atoms with E-state index in [4.69, 9.17) is 4.74 Å². The minimum Gasteiger partial charge on any atom is -0.442 e. The number of unbranched alkanes of at least 4 members (excludes halogenated alkanes) is 3. The Labute approximate surface area is 131 Å². The van der Waals surface area contributed by atoms with Crippen LogP contribution < -0.4 is 5.32 Å². The minimum absolute atomic E-state index is 0.134. The van der Waals surface area contributed by atoms with Crippen molar-refractivity contribution in [2.24, 2.45) is 4.99 Å². The maximum absolute atomic E-state index is 11.7. The van der Waals surface area contributed by atoms with Gasteiger partial charge in [-0.1, -0.05) is 24.3 Å². The van der Waals surface area contributed by atoms with Crippen LogP contribution in [0.1, 0.15) is 52.9 Å². The Bertz CT molecular complexity index is 387. The number of allylic oxidation sites excluding steroid dienone is 1. The topological polar surface area (TPSA) is 67.8 Å². The zero-order chi connectivity index (χ0) is 16.3. The molecule has 5 nitrogen and oxygen atoms in total. The molecule has 0 aliphatic rings. The molecule has 0 saturated carbocycles. The monoisotopic (exact) mass is 314 g/mol. The van der Waals surface area contributed by atoms with Gasteiger partial charge in [0.05, 0.1) is 0 Å². The van der Waals surface area contributed by atoms with Crippen molar-refractivity contribution in [1.29, 1.82) is 0 Å². The van der Waals surface area contributed by atoms with Crippen molar-refractivity contribution in [1.82, 2.24) is 5.32 Å². The molecular formula is C15H26N2O3S. The maximum atomic E-state index is 11.7. The van der Waals surface area contributed by atoms with E-state index in [1.807, 2.05) is 6.08 Å². The van der Waals surface area contributed by atoms with E-state index in [2.05, 4.69) is 16.9 Å². The van der Waals surface area contributed by atoms with E-state index in [0.29, 0.717) is 6.42 Å².